The van der Waals surface area contributed by atoms with Gasteiger partial charge in [0, 0.05) is 5.92 Å². The maximum absolute atomic E-state index is 11.5. The van der Waals surface area contributed by atoms with Crippen LogP contribution < -0.4 is 4.90 Å². The lowest BCUT2D eigenvalue weighted by Gasteiger charge is -2.35. The predicted octanol–water partition coefficient (Wildman–Crippen LogP) is 2.92. The van der Waals surface area contributed by atoms with Gasteiger partial charge >= 0.3 is 0 Å². The zero-order valence-electron chi connectivity index (χ0n) is 14.9. The Kier molecular flexibility index (Phi) is 6.35. The molecule has 1 aromatic carbocycles. The van der Waals surface area contributed by atoms with Gasteiger partial charge in [0.15, 0.2) is 5.60 Å². The van der Waals surface area contributed by atoms with Gasteiger partial charge in [-0.2, -0.15) is 0 Å². The van der Waals surface area contributed by atoms with Crippen LogP contribution in [0.5, 0.6) is 0 Å². The molecule has 1 heterocycles. The van der Waals surface area contributed by atoms with Gasteiger partial charge in [-0.25, -0.2) is 0 Å². The van der Waals surface area contributed by atoms with Gasteiger partial charge < -0.3 is 10.0 Å². The third-order valence-corrected chi connectivity index (χ3v) is 5.85. The number of quaternary nitrogens is 1. The van der Waals surface area contributed by atoms with Crippen molar-refractivity contribution in [2.45, 2.75) is 63.4 Å². The third-order valence-electron chi connectivity index (χ3n) is 5.85. The van der Waals surface area contributed by atoms with E-state index in [1.807, 2.05) is 30.3 Å². The predicted molar refractivity (Wildman–Crippen MR) is 98.7 cm³/mol. The SMILES string of the molecule is O[C@@](C#CCC[NH+]1CCCCC1)(c1ccccc1)C1CCCCC1. The molecule has 2 aliphatic rings. The molecule has 3 rings (SSSR count). The van der Waals surface area contributed by atoms with Crippen LogP contribution in [0.2, 0.25) is 0 Å². The second-order valence-corrected chi connectivity index (χ2v) is 7.58. The van der Waals surface area contributed by atoms with Gasteiger partial charge in [0.05, 0.1) is 26.1 Å². The van der Waals surface area contributed by atoms with Crippen LogP contribution >= 0.6 is 0 Å². The van der Waals surface area contributed by atoms with Gasteiger partial charge in [0.1, 0.15) is 0 Å². The maximum Gasteiger partial charge on any atom is 0.153 e. The molecule has 1 aliphatic carbocycles. The number of benzene rings is 1. The Bertz CT molecular complexity index is 546. The van der Waals surface area contributed by atoms with Crippen LogP contribution in [0.15, 0.2) is 30.3 Å². The summed E-state index contributed by atoms with van der Waals surface area (Å²) in [4.78, 5) is 1.69. The van der Waals surface area contributed by atoms with Crippen molar-refractivity contribution < 1.29 is 10.0 Å². The van der Waals surface area contributed by atoms with E-state index in [-0.39, 0.29) is 5.92 Å². The Morgan fingerprint density at radius 3 is 2.33 bits per heavy atom. The molecule has 24 heavy (non-hydrogen) atoms. The summed E-state index contributed by atoms with van der Waals surface area (Å²) in [6, 6.07) is 10.1. The standard InChI is InChI=1S/C22H31NO/c24-22(20-12-4-1-5-13-20,21-14-6-2-7-15-21)16-8-11-19-23-17-9-3-10-18-23/h1,4-5,12-13,21,24H,2-3,6-7,9-11,14-15,17-19H2/p+1/t22-/m0/s1. The minimum Gasteiger partial charge on any atom is -0.373 e. The van der Waals surface area contributed by atoms with Gasteiger partial charge in [-0.05, 0) is 37.7 Å². The highest BCUT2D eigenvalue weighted by Gasteiger charge is 2.37. The molecule has 0 unspecified atom stereocenters. The highest BCUT2D eigenvalue weighted by Crippen LogP contribution is 2.38. The fourth-order valence-electron chi connectivity index (χ4n) is 4.36. The Hall–Kier alpha value is -1.30. The molecule has 1 saturated heterocycles. The average Bonchev–Trinajstić information content (AvgIpc) is 2.67. The molecule has 0 amide bonds. The van der Waals surface area contributed by atoms with Gasteiger partial charge in [-0.15, -0.1) is 0 Å². The molecule has 2 fully saturated rings. The summed E-state index contributed by atoms with van der Waals surface area (Å²) in [5.74, 6) is 6.94. The first kappa shape index (κ1) is 17.5. The largest absolute Gasteiger partial charge is 0.373 e. The minimum atomic E-state index is -0.959. The summed E-state index contributed by atoms with van der Waals surface area (Å²) < 4.78 is 0. The van der Waals surface area contributed by atoms with E-state index >= 15 is 0 Å². The van der Waals surface area contributed by atoms with Crippen molar-refractivity contribution in [3.63, 3.8) is 0 Å². The number of piperidine rings is 1. The number of aliphatic hydroxyl groups is 1. The van der Waals surface area contributed by atoms with Gasteiger partial charge in [0.2, 0.25) is 0 Å². The second-order valence-electron chi connectivity index (χ2n) is 7.58. The van der Waals surface area contributed by atoms with Crippen LogP contribution in [0.3, 0.4) is 0 Å². The highest BCUT2D eigenvalue weighted by atomic mass is 16.3. The molecule has 1 atom stereocenters. The van der Waals surface area contributed by atoms with Crippen LogP contribution in [0.25, 0.3) is 0 Å². The molecule has 0 spiro atoms. The molecule has 130 valence electrons. The summed E-state index contributed by atoms with van der Waals surface area (Å²) in [5.41, 5.74) is 0.0218. The fraction of sp³-hybridized carbons (Fsp3) is 0.636. The van der Waals surface area contributed by atoms with Gasteiger partial charge in [0.25, 0.3) is 0 Å². The van der Waals surface area contributed by atoms with Crippen LogP contribution in [-0.4, -0.2) is 24.7 Å². The third kappa shape index (κ3) is 4.41. The monoisotopic (exact) mass is 326 g/mol. The van der Waals surface area contributed by atoms with Crippen LogP contribution in [0.1, 0.15) is 63.4 Å². The Labute approximate surface area is 147 Å². The zero-order valence-corrected chi connectivity index (χ0v) is 14.9. The molecule has 0 bridgehead atoms. The molecule has 0 aromatic heterocycles. The summed E-state index contributed by atoms with van der Waals surface area (Å²) in [5, 5.41) is 11.5. The summed E-state index contributed by atoms with van der Waals surface area (Å²) in [7, 11) is 0. The Morgan fingerprint density at radius 2 is 1.62 bits per heavy atom. The summed E-state index contributed by atoms with van der Waals surface area (Å²) in [6.45, 7) is 3.73. The first-order valence-corrected chi connectivity index (χ1v) is 9.90. The van der Waals surface area contributed by atoms with Crippen molar-refractivity contribution in [3.8, 4) is 11.8 Å². The lowest BCUT2D eigenvalue weighted by molar-refractivity contribution is -0.904. The van der Waals surface area contributed by atoms with E-state index < -0.39 is 5.60 Å². The second kappa shape index (κ2) is 8.70. The van der Waals surface area contributed by atoms with E-state index in [0.29, 0.717) is 0 Å². The van der Waals surface area contributed by atoms with E-state index in [2.05, 4.69) is 11.8 Å². The smallest absolute Gasteiger partial charge is 0.153 e. The van der Waals surface area contributed by atoms with E-state index in [1.54, 1.807) is 4.90 Å². The molecule has 2 heteroatoms. The first-order chi connectivity index (χ1) is 11.8. The maximum atomic E-state index is 11.5. The topological polar surface area (TPSA) is 24.7 Å². The van der Waals surface area contributed by atoms with E-state index in [9.17, 15) is 5.11 Å². The van der Waals surface area contributed by atoms with Crippen LogP contribution in [0, 0.1) is 17.8 Å². The number of likely N-dealkylation sites (tertiary alicyclic amines) is 1. The average molecular weight is 327 g/mol. The van der Waals surface area contributed by atoms with Crippen molar-refractivity contribution in [1.29, 1.82) is 0 Å². The minimum absolute atomic E-state index is 0.281. The quantitative estimate of drug-likeness (QED) is 0.817. The number of hydrogen-bond acceptors (Lipinski definition) is 1. The fourth-order valence-corrected chi connectivity index (χ4v) is 4.36. The number of nitrogens with one attached hydrogen (secondary N) is 1. The molecular weight excluding hydrogens is 294 g/mol. The molecule has 2 nitrogen and oxygen atoms in total. The first-order valence-electron chi connectivity index (χ1n) is 9.90. The summed E-state index contributed by atoms with van der Waals surface area (Å²) in [6.07, 6.45) is 10.9. The van der Waals surface area contributed by atoms with Crippen molar-refractivity contribution >= 4 is 0 Å². The summed E-state index contributed by atoms with van der Waals surface area (Å²) >= 11 is 0. The molecule has 1 aromatic rings. The molecule has 1 aliphatic heterocycles. The lowest BCUT2D eigenvalue weighted by Crippen LogP contribution is -3.12. The number of hydrogen-bond donors (Lipinski definition) is 2. The van der Waals surface area contributed by atoms with E-state index in [0.717, 1.165) is 31.4 Å². The normalized spacial score (nSPS) is 22.4. The van der Waals surface area contributed by atoms with Gasteiger partial charge in [-0.1, -0.05) is 61.4 Å². The van der Waals surface area contributed by atoms with E-state index in [1.165, 1.54) is 51.6 Å². The molecule has 2 N–H and O–H groups in total. The Morgan fingerprint density at radius 1 is 0.958 bits per heavy atom. The van der Waals surface area contributed by atoms with Crippen LogP contribution in [-0.2, 0) is 5.60 Å². The van der Waals surface area contributed by atoms with Crippen molar-refractivity contribution in [2.24, 2.45) is 5.92 Å². The molecule has 1 saturated carbocycles. The molecule has 0 radical (unpaired) electrons. The molecular formula is C22H32NO+. The van der Waals surface area contributed by atoms with Crippen molar-refractivity contribution in [2.75, 3.05) is 19.6 Å². The lowest BCUT2D eigenvalue weighted by atomic mass is 9.73. The highest BCUT2D eigenvalue weighted by molar-refractivity contribution is 5.33. The van der Waals surface area contributed by atoms with Gasteiger partial charge in [-0.3, -0.25) is 0 Å². The van der Waals surface area contributed by atoms with E-state index in [4.69, 9.17) is 0 Å². The Balaban J connectivity index is 1.69. The van der Waals surface area contributed by atoms with Crippen molar-refractivity contribution in [1.82, 2.24) is 0 Å². The zero-order chi connectivity index (χ0) is 16.7. The number of rotatable bonds is 4. The van der Waals surface area contributed by atoms with Crippen LogP contribution in [0.4, 0.5) is 0 Å². The van der Waals surface area contributed by atoms with Crippen molar-refractivity contribution in [3.05, 3.63) is 35.9 Å².